The van der Waals surface area contributed by atoms with Gasteiger partial charge < -0.3 is 4.57 Å². The van der Waals surface area contributed by atoms with Gasteiger partial charge in [0.25, 0.3) is 9.05 Å². The van der Waals surface area contributed by atoms with Gasteiger partial charge in [-0.3, -0.25) is 0 Å². The van der Waals surface area contributed by atoms with Crippen molar-refractivity contribution in [1.29, 1.82) is 0 Å². The topological polar surface area (TPSA) is 52.0 Å². The van der Waals surface area contributed by atoms with E-state index in [1.54, 1.807) is 0 Å². The number of hydrogen-bond donors (Lipinski definition) is 0. The average molecular weight is 327 g/mol. The maximum absolute atomic E-state index is 11.4. The molecule has 0 amide bonds. The molecule has 0 spiro atoms. The van der Waals surface area contributed by atoms with Gasteiger partial charge in [0.2, 0.25) is 0 Å². The van der Waals surface area contributed by atoms with E-state index in [1.165, 1.54) is 11.8 Å². The number of aryl methyl sites for hydroxylation is 1. The van der Waals surface area contributed by atoms with Gasteiger partial charge in [-0.15, -0.1) is 0 Å². The monoisotopic (exact) mass is 326 g/mol. The van der Waals surface area contributed by atoms with E-state index in [1.807, 2.05) is 11.5 Å². The van der Waals surface area contributed by atoms with Crippen molar-refractivity contribution >= 4 is 19.7 Å². The maximum atomic E-state index is 11.4. The summed E-state index contributed by atoms with van der Waals surface area (Å²) in [5.74, 6) is 1.20. The van der Waals surface area contributed by atoms with Crippen LogP contribution in [-0.4, -0.2) is 18.0 Å². The quantitative estimate of drug-likeness (QED) is 0.790. The van der Waals surface area contributed by atoms with E-state index in [9.17, 15) is 8.42 Å². The first-order valence-electron chi connectivity index (χ1n) is 6.90. The predicted octanol–water partition coefficient (Wildman–Crippen LogP) is 3.54. The smallest absolute Gasteiger partial charge is 0.280 e. The molecule has 0 unspecified atom stereocenters. The molecule has 0 bridgehead atoms. The zero-order valence-corrected chi connectivity index (χ0v) is 13.9. The maximum Gasteiger partial charge on any atom is 0.280 e. The average Bonchev–Trinajstić information content (AvgIpc) is 2.82. The van der Waals surface area contributed by atoms with E-state index in [4.69, 9.17) is 10.7 Å². The van der Waals surface area contributed by atoms with Crippen molar-refractivity contribution in [2.24, 2.45) is 0 Å². The fourth-order valence-corrected chi connectivity index (χ4v) is 2.86. The molecule has 1 heterocycles. The molecule has 6 heteroatoms. The largest absolute Gasteiger partial charge is 0.329 e. The van der Waals surface area contributed by atoms with Crippen LogP contribution in [0.15, 0.2) is 35.5 Å². The van der Waals surface area contributed by atoms with Crippen LogP contribution in [0.5, 0.6) is 0 Å². The van der Waals surface area contributed by atoms with Gasteiger partial charge >= 0.3 is 0 Å². The van der Waals surface area contributed by atoms with E-state index >= 15 is 0 Å². The van der Waals surface area contributed by atoms with Crippen molar-refractivity contribution in [3.63, 3.8) is 0 Å². The fourth-order valence-electron chi connectivity index (χ4n) is 2.17. The third-order valence-corrected chi connectivity index (χ3v) is 4.57. The van der Waals surface area contributed by atoms with Crippen molar-refractivity contribution < 1.29 is 8.42 Å². The summed E-state index contributed by atoms with van der Waals surface area (Å²) in [5, 5.41) is -0.0835. The molecule has 21 heavy (non-hydrogen) atoms. The molecule has 2 aromatic rings. The van der Waals surface area contributed by atoms with Crippen molar-refractivity contribution in [3.8, 4) is 0 Å². The van der Waals surface area contributed by atoms with Gasteiger partial charge in [-0.05, 0) is 17.0 Å². The van der Waals surface area contributed by atoms with Gasteiger partial charge in [-0.25, -0.2) is 13.4 Å². The summed E-state index contributed by atoms with van der Waals surface area (Å²) in [6, 6.07) is 8.32. The van der Waals surface area contributed by atoms with Crippen molar-refractivity contribution in [2.75, 3.05) is 0 Å². The first-order valence-corrected chi connectivity index (χ1v) is 9.21. The summed E-state index contributed by atoms with van der Waals surface area (Å²) < 4.78 is 24.6. The summed E-state index contributed by atoms with van der Waals surface area (Å²) in [6.07, 6.45) is 2.15. The molecule has 4 nitrogen and oxygen atoms in total. The van der Waals surface area contributed by atoms with Crippen LogP contribution in [0.2, 0.25) is 0 Å². The van der Waals surface area contributed by atoms with Gasteiger partial charge in [0.15, 0.2) is 5.03 Å². The minimum Gasteiger partial charge on any atom is -0.329 e. The highest BCUT2D eigenvalue weighted by molar-refractivity contribution is 8.13. The lowest BCUT2D eigenvalue weighted by Crippen LogP contribution is -2.03. The molecule has 0 aliphatic heterocycles. The zero-order chi connectivity index (χ0) is 15.6. The summed E-state index contributed by atoms with van der Waals surface area (Å²) in [5.41, 5.74) is 2.38. The molecule has 0 N–H and O–H groups in total. The molecule has 0 radical (unpaired) electrons. The Labute approximate surface area is 130 Å². The second kappa shape index (κ2) is 6.20. The van der Waals surface area contributed by atoms with E-state index in [2.05, 4.69) is 43.1 Å². The molecule has 2 rings (SSSR count). The summed E-state index contributed by atoms with van der Waals surface area (Å²) >= 11 is 0. The third-order valence-electron chi connectivity index (χ3n) is 3.40. The Bertz CT molecular complexity index is 719. The lowest BCUT2D eigenvalue weighted by molar-refractivity contribution is 0.606. The van der Waals surface area contributed by atoms with Crippen LogP contribution in [0.1, 0.15) is 43.6 Å². The summed E-state index contributed by atoms with van der Waals surface area (Å²) in [7, 11) is 1.57. The number of nitrogens with zero attached hydrogens (tertiary/aromatic N) is 2. The summed E-state index contributed by atoms with van der Waals surface area (Å²) in [6.45, 7) is 6.82. The van der Waals surface area contributed by atoms with Crippen LogP contribution in [0.25, 0.3) is 0 Å². The molecule has 0 aliphatic rings. The zero-order valence-electron chi connectivity index (χ0n) is 12.4. The second-order valence-corrected chi connectivity index (χ2v) is 7.82. The first kappa shape index (κ1) is 16.0. The van der Waals surface area contributed by atoms with E-state index in [-0.39, 0.29) is 5.03 Å². The number of halogens is 1. The van der Waals surface area contributed by atoms with Gasteiger partial charge in [0, 0.05) is 29.8 Å². The van der Waals surface area contributed by atoms with Crippen molar-refractivity contribution in [2.45, 2.75) is 44.7 Å². The highest BCUT2D eigenvalue weighted by Gasteiger charge is 2.17. The van der Waals surface area contributed by atoms with Crippen LogP contribution in [-0.2, 0) is 22.0 Å². The fraction of sp³-hybridized carbons (Fsp3) is 0.400. The molecular formula is C15H19ClN2O2S. The molecule has 0 fully saturated rings. The molecule has 1 aromatic carbocycles. The van der Waals surface area contributed by atoms with Gasteiger partial charge in [-0.2, -0.15) is 0 Å². The van der Waals surface area contributed by atoms with E-state index in [0.717, 1.165) is 5.56 Å². The van der Waals surface area contributed by atoms with Crippen LogP contribution in [0.4, 0.5) is 0 Å². The Hall–Kier alpha value is -1.33. The molecular weight excluding hydrogens is 308 g/mol. The number of rotatable bonds is 5. The standard InChI is InChI=1S/C15H19ClN2O2S/c1-4-14-17-15(21(16,19)20)10-18(14)9-12-5-7-13(8-6-12)11(2)3/h5-8,10-11H,4,9H2,1-3H3. The highest BCUT2D eigenvalue weighted by Crippen LogP contribution is 2.18. The van der Waals surface area contributed by atoms with E-state index < -0.39 is 9.05 Å². The highest BCUT2D eigenvalue weighted by atomic mass is 35.7. The SMILES string of the molecule is CCc1nc(S(=O)(=O)Cl)cn1Cc1ccc(C(C)C)cc1. The minimum atomic E-state index is -3.78. The Morgan fingerprint density at radius 1 is 1.24 bits per heavy atom. The van der Waals surface area contributed by atoms with Gasteiger partial charge in [0.05, 0.1) is 0 Å². The van der Waals surface area contributed by atoms with E-state index in [0.29, 0.717) is 24.7 Å². The Morgan fingerprint density at radius 3 is 2.33 bits per heavy atom. The number of aromatic nitrogens is 2. The Kier molecular flexibility index (Phi) is 4.74. The molecule has 0 atom stereocenters. The molecule has 0 saturated carbocycles. The Balaban J connectivity index is 2.28. The molecule has 0 saturated heterocycles. The van der Waals surface area contributed by atoms with Crippen molar-refractivity contribution in [1.82, 2.24) is 9.55 Å². The lowest BCUT2D eigenvalue weighted by Gasteiger charge is -2.09. The number of hydrogen-bond acceptors (Lipinski definition) is 3. The van der Waals surface area contributed by atoms with Crippen molar-refractivity contribution in [3.05, 3.63) is 47.4 Å². The van der Waals surface area contributed by atoms with Gasteiger partial charge in [0.1, 0.15) is 5.82 Å². The first-order chi connectivity index (χ1) is 9.81. The number of imidazole rings is 1. The molecule has 114 valence electrons. The minimum absolute atomic E-state index is 0.0835. The van der Waals surface area contributed by atoms with Gasteiger partial charge in [-0.1, -0.05) is 45.0 Å². The molecule has 0 aliphatic carbocycles. The third kappa shape index (κ3) is 3.86. The van der Waals surface area contributed by atoms with Crippen LogP contribution in [0.3, 0.4) is 0 Å². The van der Waals surface area contributed by atoms with Crippen LogP contribution in [0, 0.1) is 0 Å². The normalized spacial score (nSPS) is 12.0. The predicted molar refractivity (Wildman–Crippen MR) is 84.3 cm³/mol. The lowest BCUT2D eigenvalue weighted by atomic mass is 10.0. The molecule has 1 aromatic heterocycles. The van der Waals surface area contributed by atoms with Crippen LogP contribution < -0.4 is 0 Å². The number of benzene rings is 1. The Morgan fingerprint density at radius 2 is 1.86 bits per heavy atom. The van der Waals surface area contributed by atoms with Crippen LogP contribution >= 0.6 is 10.7 Å². The second-order valence-electron chi connectivity index (χ2n) is 5.31. The summed E-state index contributed by atoms with van der Waals surface area (Å²) in [4.78, 5) is 4.08.